The van der Waals surface area contributed by atoms with Gasteiger partial charge < -0.3 is 10.6 Å². The second kappa shape index (κ2) is 8.11. The quantitative estimate of drug-likeness (QED) is 0.580. The van der Waals surface area contributed by atoms with Gasteiger partial charge in [-0.25, -0.2) is 9.97 Å². The highest BCUT2D eigenvalue weighted by Crippen LogP contribution is 2.41. The van der Waals surface area contributed by atoms with Crippen LogP contribution in [0, 0.1) is 11.3 Å². The molecule has 0 bridgehead atoms. The number of hydrogen-bond donors (Lipinski definition) is 2. The third kappa shape index (κ3) is 4.23. The zero-order valence-corrected chi connectivity index (χ0v) is 17.7. The lowest BCUT2D eigenvalue weighted by atomic mass is 9.73. The van der Waals surface area contributed by atoms with Gasteiger partial charge in [0.05, 0.1) is 11.3 Å². The molecule has 0 amide bonds. The van der Waals surface area contributed by atoms with Gasteiger partial charge in [0.15, 0.2) is 5.65 Å². The van der Waals surface area contributed by atoms with Gasteiger partial charge >= 0.3 is 6.18 Å². The smallest absolute Gasteiger partial charge is 0.357 e. The molecule has 0 unspecified atom stereocenters. The van der Waals surface area contributed by atoms with E-state index in [0.29, 0.717) is 42.4 Å². The first-order valence-electron chi connectivity index (χ1n) is 10.6. The molecule has 3 aromatic rings. The fourth-order valence-corrected chi connectivity index (χ4v) is 4.64. The summed E-state index contributed by atoms with van der Waals surface area (Å²) in [5.41, 5.74) is 5.83. The molecule has 1 aliphatic rings. The Morgan fingerprint density at radius 1 is 1.23 bits per heavy atom. The van der Waals surface area contributed by atoms with E-state index in [2.05, 4.69) is 38.9 Å². The number of anilines is 1. The first-order valence-corrected chi connectivity index (χ1v) is 10.6. The molecule has 0 aliphatic carbocycles. The minimum atomic E-state index is -4.53. The number of nitrogens with zero attached hydrogens (tertiary/aromatic N) is 4. The Morgan fingerprint density at radius 3 is 2.61 bits per heavy atom. The van der Waals surface area contributed by atoms with Crippen molar-refractivity contribution in [2.45, 2.75) is 39.3 Å². The van der Waals surface area contributed by atoms with Crippen molar-refractivity contribution < 1.29 is 16.0 Å². The van der Waals surface area contributed by atoms with Crippen molar-refractivity contribution >= 4 is 16.9 Å². The van der Waals surface area contributed by atoms with Gasteiger partial charge in [0.2, 0.25) is 0 Å². The van der Waals surface area contributed by atoms with Crippen molar-refractivity contribution in [3.05, 3.63) is 36.0 Å². The van der Waals surface area contributed by atoms with E-state index < -0.39 is 11.7 Å². The van der Waals surface area contributed by atoms with Gasteiger partial charge in [0.1, 0.15) is 11.5 Å². The summed E-state index contributed by atoms with van der Waals surface area (Å²) in [6, 6.07) is 5.93. The Labute approximate surface area is 182 Å². The zero-order chi connectivity index (χ0) is 22.2. The zero-order valence-electron chi connectivity index (χ0n) is 17.7. The standard InChI is InChI=1S/C22H27F3N6.2H2/c1-14(2)12-21(13-26)7-10-31(11-8-21)17-6-5-16(22(23,24)25)19(28-17)18-15-4-3-9-27-20(15)30-29-18;;/h3-6,9,14H,7-8,10-13,26H2,1-2H3,(H,27,29,30);2*1H. The summed E-state index contributed by atoms with van der Waals surface area (Å²) in [4.78, 5) is 10.6. The lowest BCUT2D eigenvalue weighted by Crippen LogP contribution is -2.45. The van der Waals surface area contributed by atoms with Crippen molar-refractivity contribution in [1.29, 1.82) is 0 Å². The number of nitrogens with two attached hydrogens (primary N) is 1. The fourth-order valence-electron chi connectivity index (χ4n) is 4.64. The summed E-state index contributed by atoms with van der Waals surface area (Å²) >= 11 is 0. The van der Waals surface area contributed by atoms with Crippen LogP contribution >= 0.6 is 0 Å². The van der Waals surface area contributed by atoms with Crippen LogP contribution < -0.4 is 10.6 Å². The lowest BCUT2D eigenvalue weighted by Gasteiger charge is -2.42. The van der Waals surface area contributed by atoms with Crippen LogP contribution in [0.1, 0.15) is 41.5 Å². The molecule has 0 saturated carbocycles. The van der Waals surface area contributed by atoms with Gasteiger partial charge in [-0.1, -0.05) is 13.8 Å². The third-order valence-corrected chi connectivity index (χ3v) is 6.17. The second-order valence-corrected chi connectivity index (χ2v) is 8.83. The van der Waals surface area contributed by atoms with Gasteiger partial charge in [-0.15, -0.1) is 0 Å². The van der Waals surface area contributed by atoms with Gasteiger partial charge in [0, 0.05) is 27.5 Å². The van der Waals surface area contributed by atoms with Crippen molar-refractivity contribution in [3.63, 3.8) is 0 Å². The fraction of sp³-hybridized carbons (Fsp3) is 0.500. The van der Waals surface area contributed by atoms with Crippen LogP contribution in [0.4, 0.5) is 19.0 Å². The molecule has 0 atom stereocenters. The Bertz CT molecular complexity index is 1060. The first kappa shape index (κ1) is 21.5. The SMILES string of the molecule is CC(C)CC1(CN)CCN(c2ccc(C(F)(F)F)c(-c3[nH]nc4ncccc34)n2)CC1.[HH].[HH]. The molecule has 1 saturated heterocycles. The third-order valence-electron chi connectivity index (χ3n) is 6.17. The topological polar surface area (TPSA) is 83.7 Å². The maximum atomic E-state index is 13.8. The number of halogens is 3. The molecule has 9 heteroatoms. The molecular formula is C22H31F3N6. The molecule has 4 rings (SSSR count). The van der Waals surface area contributed by atoms with Gasteiger partial charge in [0.25, 0.3) is 0 Å². The van der Waals surface area contributed by atoms with E-state index in [1.165, 1.54) is 6.07 Å². The van der Waals surface area contributed by atoms with E-state index in [4.69, 9.17) is 5.73 Å². The van der Waals surface area contributed by atoms with Crippen molar-refractivity contribution in [3.8, 4) is 11.4 Å². The van der Waals surface area contributed by atoms with Gasteiger partial charge in [-0.05, 0) is 61.4 Å². The van der Waals surface area contributed by atoms with Crippen molar-refractivity contribution in [2.75, 3.05) is 24.5 Å². The van der Waals surface area contributed by atoms with Crippen LogP contribution in [0.5, 0.6) is 0 Å². The van der Waals surface area contributed by atoms with Crippen molar-refractivity contribution in [1.82, 2.24) is 20.2 Å². The van der Waals surface area contributed by atoms with Gasteiger partial charge in [-0.2, -0.15) is 18.3 Å². The highest BCUT2D eigenvalue weighted by atomic mass is 19.4. The van der Waals surface area contributed by atoms with Crippen LogP contribution in [0.25, 0.3) is 22.4 Å². The number of aromatic amines is 1. The molecule has 0 spiro atoms. The van der Waals surface area contributed by atoms with Crippen LogP contribution in [0.3, 0.4) is 0 Å². The molecule has 3 N–H and O–H groups in total. The first-order chi connectivity index (χ1) is 14.7. The van der Waals surface area contributed by atoms with Crippen LogP contribution in [0.15, 0.2) is 30.5 Å². The van der Waals surface area contributed by atoms with E-state index in [1.807, 2.05) is 0 Å². The highest BCUT2D eigenvalue weighted by Gasteiger charge is 2.37. The van der Waals surface area contributed by atoms with E-state index in [-0.39, 0.29) is 19.7 Å². The summed E-state index contributed by atoms with van der Waals surface area (Å²) in [5.74, 6) is 1.08. The summed E-state index contributed by atoms with van der Waals surface area (Å²) in [5, 5.41) is 7.26. The molecule has 170 valence electrons. The molecule has 1 fully saturated rings. The Balaban J connectivity index is 0.00000193. The average Bonchev–Trinajstić information content (AvgIpc) is 3.17. The average molecular weight is 437 g/mol. The van der Waals surface area contributed by atoms with Crippen LogP contribution in [-0.2, 0) is 6.18 Å². The minimum Gasteiger partial charge on any atom is -0.357 e. The minimum absolute atomic E-state index is 0. The van der Waals surface area contributed by atoms with E-state index in [9.17, 15) is 13.2 Å². The van der Waals surface area contributed by atoms with E-state index in [0.717, 1.165) is 25.3 Å². The van der Waals surface area contributed by atoms with Gasteiger partial charge in [-0.3, -0.25) is 5.10 Å². The number of pyridine rings is 2. The molecular weight excluding hydrogens is 405 g/mol. The molecule has 0 aromatic carbocycles. The number of alkyl halides is 3. The summed E-state index contributed by atoms with van der Waals surface area (Å²) < 4.78 is 41.3. The predicted molar refractivity (Wildman–Crippen MR) is 119 cm³/mol. The molecule has 4 heterocycles. The van der Waals surface area contributed by atoms with Crippen LogP contribution in [0.2, 0.25) is 0 Å². The lowest BCUT2D eigenvalue weighted by molar-refractivity contribution is -0.137. The predicted octanol–water partition coefficient (Wildman–Crippen LogP) is 5.12. The molecule has 1 aliphatic heterocycles. The number of fused-ring (bicyclic) bond motifs is 1. The normalized spacial score (nSPS) is 16.9. The summed E-state index contributed by atoms with van der Waals surface area (Å²) in [6.07, 6.45) is -0.131. The summed E-state index contributed by atoms with van der Waals surface area (Å²) in [7, 11) is 0. The van der Waals surface area contributed by atoms with E-state index >= 15 is 0 Å². The van der Waals surface area contributed by atoms with Crippen LogP contribution in [-0.4, -0.2) is 39.8 Å². The maximum Gasteiger partial charge on any atom is 0.418 e. The molecule has 31 heavy (non-hydrogen) atoms. The highest BCUT2D eigenvalue weighted by molar-refractivity contribution is 5.90. The number of piperidine rings is 1. The second-order valence-electron chi connectivity index (χ2n) is 8.83. The van der Waals surface area contributed by atoms with Crippen molar-refractivity contribution in [2.24, 2.45) is 17.1 Å². The Hall–Kier alpha value is -2.68. The molecule has 0 radical (unpaired) electrons. The number of H-pyrrole nitrogens is 1. The largest absolute Gasteiger partial charge is 0.418 e. The number of aromatic nitrogens is 4. The molecule has 6 nitrogen and oxygen atoms in total. The Kier molecular flexibility index (Phi) is 5.63. The Morgan fingerprint density at radius 2 is 1.97 bits per heavy atom. The monoisotopic (exact) mass is 436 g/mol. The molecule has 3 aromatic heterocycles. The number of nitrogens with one attached hydrogen (secondary N) is 1. The maximum absolute atomic E-state index is 13.8. The van der Waals surface area contributed by atoms with E-state index in [1.54, 1.807) is 18.3 Å². The number of hydrogen-bond acceptors (Lipinski definition) is 5. The number of rotatable bonds is 5. The summed E-state index contributed by atoms with van der Waals surface area (Å²) in [6.45, 7) is 6.44.